The molecule has 2 aromatic rings. The van der Waals surface area contributed by atoms with Crippen LogP contribution >= 0.6 is 23.2 Å². The van der Waals surface area contributed by atoms with Gasteiger partial charge in [0.2, 0.25) is 0 Å². The van der Waals surface area contributed by atoms with Crippen molar-refractivity contribution >= 4 is 34.6 Å². The van der Waals surface area contributed by atoms with Crippen molar-refractivity contribution in [3.8, 4) is 0 Å². The quantitative estimate of drug-likeness (QED) is 0.590. The number of nitrogens with zero attached hydrogens (tertiary/aromatic N) is 1. The molecule has 26 heavy (non-hydrogen) atoms. The minimum atomic E-state index is 0.201. The number of anilines is 2. The monoisotopic (exact) mass is 386 g/mol. The second-order valence-electron chi connectivity index (χ2n) is 7.09. The number of benzene rings is 2. The number of nitrogens with one attached hydrogen (secondary N) is 1. The minimum Gasteiger partial charge on any atom is -0.378 e. The van der Waals surface area contributed by atoms with Gasteiger partial charge in [-0.15, -0.1) is 0 Å². The van der Waals surface area contributed by atoms with E-state index >= 15 is 0 Å². The number of fused-ring (bicyclic) bond motifs is 3. The zero-order valence-electron chi connectivity index (χ0n) is 15.2. The van der Waals surface area contributed by atoms with Crippen LogP contribution in [0, 0.1) is 5.92 Å². The molecule has 3 unspecified atom stereocenters. The number of hydrogen-bond acceptors (Lipinski definition) is 2. The molecule has 0 saturated carbocycles. The van der Waals surface area contributed by atoms with E-state index in [1.165, 1.54) is 16.9 Å². The lowest BCUT2D eigenvalue weighted by molar-refractivity contribution is 0.425. The lowest BCUT2D eigenvalue weighted by Crippen LogP contribution is -2.30. The molecule has 2 aromatic carbocycles. The van der Waals surface area contributed by atoms with Crippen LogP contribution in [-0.4, -0.2) is 13.1 Å². The fraction of sp³-hybridized carbons (Fsp3) is 0.364. The van der Waals surface area contributed by atoms with E-state index in [0.29, 0.717) is 16.9 Å². The van der Waals surface area contributed by atoms with Crippen molar-refractivity contribution in [2.24, 2.45) is 5.92 Å². The molecule has 136 valence electrons. The van der Waals surface area contributed by atoms with Crippen LogP contribution in [0.25, 0.3) is 0 Å². The van der Waals surface area contributed by atoms with Gasteiger partial charge in [0, 0.05) is 40.4 Å². The van der Waals surface area contributed by atoms with Crippen molar-refractivity contribution in [1.29, 1.82) is 0 Å². The first kappa shape index (κ1) is 17.8. The van der Waals surface area contributed by atoms with Gasteiger partial charge in [-0.3, -0.25) is 0 Å². The zero-order valence-corrected chi connectivity index (χ0v) is 16.7. The van der Waals surface area contributed by atoms with E-state index in [1.54, 1.807) is 0 Å². The summed E-state index contributed by atoms with van der Waals surface area (Å²) in [7, 11) is 0. The summed E-state index contributed by atoms with van der Waals surface area (Å²) < 4.78 is 0. The molecule has 0 aromatic heterocycles. The van der Waals surface area contributed by atoms with Gasteiger partial charge in [-0.1, -0.05) is 41.4 Å². The second kappa shape index (κ2) is 7.17. The van der Waals surface area contributed by atoms with E-state index in [-0.39, 0.29) is 6.04 Å². The van der Waals surface area contributed by atoms with E-state index < -0.39 is 0 Å². The van der Waals surface area contributed by atoms with Gasteiger partial charge in [0.15, 0.2) is 0 Å². The van der Waals surface area contributed by atoms with E-state index in [2.05, 4.69) is 60.5 Å². The Morgan fingerprint density at radius 2 is 1.85 bits per heavy atom. The van der Waals surface area contributed by atoms with Gasteiger partial charge in [0.25, 0.3) is 0 Å². The summed E-state index contributed by atoms with van der Waals surface area (Å²) in [4.78, 5) is 2.40. The van der Waals surface area contributed by atoms with Crippen LogP contribution < -0.4 is 10.2 Å². The highest BCUT2D eigenvalue weighted by molar-refractivity contribution is 6.35. The number of allylic oxidation sites excluding steroid dienone is 2. The maximum atomic E-state index is 6.53. The summed E-state index contributed by atoms with van der Waals surface area (Å²) in [6.45, 7) is 6.46. The predicted octanol–water partition coefficient (Wildman–Crippen LogP) is 6.67. The standard InChI is InChI=1S/C22H24Cl2N2/c1-3-26(4-2)15-9-11-21-19(13-15)16-6-5-7-17(16)22(25-21)18-10-8-14(23)12-20(18)24/h5-6,8-13,16-17,22,25H,3-4,7H2,1-2H3. The van der Waals surface area contributed by atoms with E-state index in [0.717, 1.165) is 30.1 Å². The lowest BCUT2D eigenvalue weighted by Gasteiger charge is -2.38. The third-order valence-electron chi connectivity index (χ3n) is 5.77. The molecule has 0 fully saturated rings. The van der Waals surface area contributed by atoms with Crippen LogP contribution in [0.4, 0.5) is 11.4 Å². The number of hydrogen-bond donors (Lipinski definition) is 1. The smallest absolute Gasteiger partial charge is 0.0568 e. The van der Waals surface area contributed by atoms with Crippen molar-refractivity contribution in [3.05, 3.63) is 69.7 Å². The van der Waals surface area contributed by atoms with Gasteiger partial charge in [-0.25, -0.2) is 0 Å². The molecule has 1 aliphatic heterocycles. The lowest BCUT2D eigenvalue weighted by atomic mass is 9.77. The van der Waals surface area contributed by atoms with Crippen LogP contribution in [0.1, 0.15) is 43.4 Å². The van der Waals surface area contributed by atoms with Crippen LogP contribution in [0.3, 0.4) is 0 Å². The molecule has 1 aliphatic carbocycles. The summed E-state index contributed by atoms with van der Waals surface area (Å²) in [5, 5.41) is 5.18. The van der Waals surface area contributed by atoms with Gasteiger partial charge in [-0.2, -0.15) is 0 Å². The highest BCUT2D eigenvalue weighted by Crippen LogP contribution is 2.51. The first-order valence-corrected chi connectivity index (χ1v) is 10.1. The Kier molecular flexibility index (Phi) is 4.90. The Morgan fingerprint density at radius 1 is 1.04 bits per heavy atom. The summed E-state index contributed by atoms with van der Waals surface area (Å²) >= 11 is 12.6. The Hall–Kier alpha value is -1.64. The third-order valence-corrected chi connectivity index (χ3v) is 6.33. The third kappa shape index (κ3) is 3.00. The largest absolute Gasteiger partial charge is 0.378 e. The summed E-state index contributed by atoms with van der Waals surface area (Å²) in [6, 6.07) is 12.8. The maximum absolute atomic E-state index is 6.53. The SMILES string of the molecule is CCN(CC)c1ccc2c(c1)C1C=CCC1C(c1ccc(Cl)cc1Cl)N2. The van der Waals surface area contributed by atoms with Crippen LogP contribution in [-0.2, 0) is 0 Å². The van der Waals surface area contributed by atoms with Crippen molar-refractivity contribution < 1.29 is 0 Å². The highest BCUT2D eigenvalue weighted by atomic mass is 35.5. The van der Waals surface area contributed by atoms with Gasteiger partial charge < -0.3 is 10.2 Å². The molecular formula is C22H24Cl2N2. The van der Waals surface area contributed by atoms with Crippen molar-refractivity contribution in [2.75, 3.05) is 23.3 Å². The first-order valence-electron chi connectivity index (χ1n) is 9.39. The molecule has 4 heteroatoms. The normalized spacial score (nSPS) is 23.3. The number of halogens is 2. The van der Waals surface area contributed by atoms with Crippen LogP contribution in [0.15, 0.2) is 48.6 Å². The Balaban J connectivity index is 1.74. The Morgan fingerprint density at radius 3 is 2.58 bits per heavy atom. The van der Waals surface area contributed by atoms with Crippen LogP contribution in [0.5, 0.6) is 0 Å². The molecule has 1 N–H and O–H groups in total. The van der Waals surface area contributed by atoms with E-state index in [1.807, 2.05) is 12.1 Å². The predicted molar refractivity (Wildman–Crippen MR) is 113 cm³/mol. The first-order chi connectivity index (χ1) is 12.6. The van der Waals surface area contributed by atoms with Crippen molar-refractivity contribution in [3.63, 3.8) is 0 Å². The van der Waals surface area contributed by atoms with Crippen LogP contribution in [0.2, 0.25) is 10.0 Å². The Bertz CT molecular complexity index is 842. The molecular weight excluding hydrogens is 363 g/mol. The molecule has 0 amide bonds. The molecule has 3 atom stereocenters. The second-order valence-corrected chi connectivity index (χ2v) is 7.93. The molecule has 1 heterocycles. The summed E-state index contributed by atoms with van der Waals surface area (Å²) in [5.41, 5.74) is 5.05. The van der Waals surface area contributed by atoms with Gasteiger partial charge >= 0.3 is 0 Å². The molecule has 2 nitrogen and oxygen atoms in total. The fourth-order valence-corrected chi connectivity index (χ4v) is 4.95. The molecule has 2 aliphatic rings. The van der Waals surface area contributed by atoms with Crippen molar-refractivity contribution in [2.45, 2.75) is 32.2 Å². The van der Waals surface area contributed by atoms with Gasteiger partial charge in [0.05, 0.1) is 6.04 Å². The van der Waals surface area contributed by atoms with Crippen molar-refractivity contribution in [1.82, 2.24) is 0 Å². The minimum absolute atomic E-state index is 0.201. The zero-order chi connectivity index (χ0) is 18.3. The average molecular weight is 387 g/mol. The topological polar surface area (TPSA) is 15.3 Å². The van der Waals surface area contributed by atoms with E-state index in [9.17, 15) is 0 Å². The molecule has 0 bridgehead atoms. The van der Waals surface area contributed by atoms with Gasteiger partial charge in [-0.05, 0) is 67.6 Å². The fourth-order valence-electron chi connectivity index (χ4n) is 4.43. The molecule has 4 rings (SSSR count). The highest BCUT2D eigenvalue weighted by Gasteiger charge is 2.38. The maximum Gasteiger partial charge on any atom is 0.0568 e. The van der Waals surface area contributed by atoms with Gasteiger partial charge in [0.1, 0.15) is 0 Å². The Labute approximate surface area is 165 Å². The van der Waals surface area contributed by atoms with E-state index in [4.69, 9.17) is 23.2 Å². The summed E-state index contributed by atoms with van der Waals surface area (Å²) in [6.07, 6.45) is 5.75. The average Bonchev–Trinajstić information content (AvgIpc) is 3.13. The molecule has 0 spiro atoms. The molecule has 0 radical (unpaired) electrons. The summed E-state index contributed by atoms with van der Waals surface area (Å²) in [5.74, 6) is 0.909. The number of rotatable bonds is 4. The molecule has 0 saturated heterocycles.